The minimum absolute atomic E-state index is 0.261. The van der Waals surface area contributed by atoms with Crippen molar-refractivity contribution in [2.45, 2.75) is 46.6 Å². The molecule has 0 spiro atoms. The summed E-state index contributed by atoms with van der Waals surface area (Å²) >= 11 is 6.15. The molecule has 1 aromatic heterocycles. The van der Waals surface area contributed by atoms with E-state index < -0.39 is 0 Å². The molecule has 2 aliphatic rings. The first-order valence-electron chi connectivity index (χ1n) is 13.8. The van der Waals surface area contributed by atoms with Crippen LogP contribution in [0.4, 0.5) is 4.39 Å². The first-order valence-corrected chi connectivity index (χ1v) is 14.1. The molecule has 40 heavy (non-hydrogen) atoms. The van der Waals surface area contributed by atoms with E-state index in [2.05, 4.69) is 61.0 Å². The number of halogens is 2. The number of nitrogens with zero attached hydrogens (tertiary/aromatic N) is 4. The van der Waals surface area contributed by atoms with Crippen LogP contribution in [0, 0.1) is 24.6 Å². The second-order valence-electron chi connectivity index (χ2n) is 10.7. The van der Waals surface area contributed by atoms with Crippen LogP contribution in [0.25, 0.3) is 11.8 Å². The summed E-state index contributed by atoms with van der Waals surface area (Å²) in [4.78, 5) is 12.8. The highest BCUT2D eigenvalue weighted by atomic mass is 35.5. The zero-order valence-electron chi connectivity index (χ0n) is 23.7. The highest BCUT2D eigenvalue weighted by molar-refractivity contribution is 6.30. The number of hydrogen-bond donors (Lipinski definition) is 0. The Morgan fingerprint density at radius 1 is 1.20 bits per heavy atom. The van der Waals surface area contributed by atoms with Gasteiger partial charge in [0.15, 0.2) is 11.9 Å². The number of aromatic nitrogens is 2. The predicted molar refractivity (Wildman–Crippen MR) is 158 cm³/mol. The number of fused-ring (bicyclic) bond motifs is 1. The van der Waals surface area contributed by atoms with Gasteiger partial charge in [0.2, 0.25) is 0 Å². The molecule has 0 amide bonds. The molecule has 2 aromatic carbocycles. The summed E-state index contributed by atoms with van der Waals surface area (Å²) in [6.07, 6.45) is 9.48. The zero-order valence-corrected chi connectivity index (χ0v) is 24.5. The summed E-state index contributed by atoms with van der Waals surface area (Å²) in [5.74, 6) is 1.82. The van der Waals surface area contributed by atoms with Crippen molar-refractivity contribution >= 4 is 23.5 Å². The summed E-state index contributed by atoms with van der Waals surface area (Å²) in [6, 6.07) is 10.7. The predicted octanol–water partition coefficient (Wildman–Crippen LogP) is 7.76. The third-order valence-corrected chi connectivity index (χ3v) is 8.36. The van der Waals surface area contributed by atoms with Crippen molar-refractivity contribution in [3.63, 3.8) is 0 Å². The number of ether oxygens (including phenoxy) is 1. The molecule has 0 radical (unpaired) electrons. The lowest BCUT2D eigenvalue weighted by atomic mass is 9.77. The summed E-state index contributed by atoms with van der Waals surface area (Å²) in [7, 11) is 1.68. The lowest BCUT2D eigenvalue weighted by molar-refractivity contribution is 0.0574. The number of methoxy groups -OCH3 is 1. The van der Waals surface area contributed by atoms with Crippen LogP contribution in [0.15, 0.2) is 71.3 Å². The molecule has 210 valence electrons. The number of aryl methyl sites for hydroxylation is 1. The summed E-state index contributed by atoms with van der Waals surface area (Å²) in [6.45, 7) is 10.2. The van der Waals surface area contributed by atoms with E-state index in [0.717, 1.165) is 53.6 Å². The number of rotatable bonds is 6. The van der Waals surface area contributed by atoms with Crippen LogP contribution < -0.4 is 4.74 Å². The van der Waals surface area contributed by atoms with Gasteiger partial charge in [0.1, 0.15) is 11.6 Å². The molecule has 3 heterocycles. The molecular weight excluding hydrogens is 527 g/mol. The quantitative estimate of drug-likeness (QED) is 0.288. The largest absolute Gasteiger partial charge is 0.495 e. The number of benzene rings is 2. The lowest BCUT2D eigenvalue weighted by Crippen LogP contribution is -2.42. The third-order valence-electron chi connectivity index (χ3n) is 8.14. The van der Waals surface area contributed by atoms with E-state index in [1.54, 1.807) is 19.5 Å². The van der Waals surface area contributed by atoms with Crippen LogP contribution >= 0.6 is 11.6 Å². The van der Waals surface area contributed by atoms with E-state index in [1.165, 1.54) is 17.7 Å². The molecule has 1 fully saturated rings. The summed E-state index contributed by atoms with van der Waals surface area (Å²) < 4.78 is 21.9. The monoisotopic (exact) mass is 562 g/mol. The number of piperidine rings is 1. The van der Waals surface area contributed by atoms with Gasteiger partial charge in [0, 0.05) is 36.3 Å². The Morgan fingerprint density at radius 3 is 2.70 bits per heavy atom. The molecule has 0 aliphatic carbocycles. The minimum atomic E-state index is -0.376. The van der Waals surface area contributed by atoms with Crippen molar-refractivity contribution in [1.82, 2.24) is 14.5 Å². The number of allylic oxidation sites excluding steroid dienone is 2. The lowest BCUT2D eigenvalue weighted by Gasteiger charge is -2.38. The first kappa shape index (κ1) is 28.0. The van der Waals surface area contributed by atoms with Crippen LogP contribution in [-0.2, 0) is 4.84 Å². The van der Waals surface area contributed by atoms with E-state index in [1.807, 2.05) is 17.7 Å². The van der Waals surface area contributed by atoms with E-state index >= 15 is 0 Å². The normalized spacial score (nSPS) is 21.4. The van der Waals surface area contributed by atoms with Crippen molar-refractivity contribution in [2.24, 2.45) is 17.0 Å². The molecule has 1 saturated heterocycles. The third kappa shape index (κ3) is 5.80. The van der Waals surface area contributed by atoms with E-state index in [4.69, 9.17) is 26.3 Å². The molecule has 0 saturated carbocycles. The second kappa shape index (κ2) is 11.9. The summed E-state index contributed by atoms with van der Waals surface area (Å²) in [5, 5.41) is 5.07. The van der Waals surface area contributed by atoms with Gasteiger partial charge in [-0.1, -0.05) is 41.4 Å². The van der Waals surface area contributed by atoms with Gasteiger partial charge < -0.3 is 19.0 Å². The SMILES string of the molecule is CC=C(C)C(C)C1CCN2CCC(c3cc(F)cc(Cl)c3)ON=C2C1=Cc1ccc(-n2cnc(C)c2)c(OC)c1. The van der Waals surface area contributed by atoms with E-state index in [-0.39, 0.29) is 17.8 Å². The molecule has 3 unspecified atom stereocenters. The van der Waals surface area contributed by atoms with Crippen molar-refractivity contribution in [3.05, 3.63) is 93.8 Å². The Bertz CT molecular complexity index is 1460. The fourth-order valence-corrected chi connectivity index (χ4v) is 5.89. The summed E-state index contributed by atoms with van der Waals surface area (Å²) in [5.41, 5.74) is 6.06. The molecule has 6 nitrogen and oxygen atoms in total. The molecule has 3 atom stereocenters. The fourth-order valence-electron chi connectivity index (χ4n) is 5.66. The van der Waals surface area contributed by atoms with Crippen molar-refractivity contribution in [3.8, 4) is 11.4 Å². The van der Waals surface area contributed by atoms with Crippen LogP contribution in [0.3, 0.4) is 0 Å². The Morgan fingerprint density at radius 2 is 2.00 bits per heavy atom. The Labute approximate surface area is 240 Å². The second-order valence-corrected chi connectivity index (χ2v) is 11.1. The molecule has 3 aromatic rings. The molecule has 0 N–H and O–H groups in total. The molecular formula is C32H36ClFN4O2. The fraction of sp³-hybridized carbons (Fsp3) is 0.375. The van der Waals surface area contributed by atoms with Gasteiger partial charge in [-0.2, -0.15) is 0 Å². The number of amidine groups is 1. The van der Waals surface area contributed by atoms with Gasteiger partial charge >= 0.3 is 0 Å². The van der Waals surface area contributed by atoms with Gasteiger partial charge in [-0.3, -0.25) is 0 Å². The van der Waals surface area contributed by atoms with Crippen molar-refractivity contribution in [1.29, 1.82) is 0 Å². The minimum Gasteiger partial charge on any atom is -0.495 e. The van der Waals surface area contributed by atoms with Crippen molar-refractivity contribution in [2.75, 3.05) is 20.2 Å². The average Bonchev–Trinajstić information content (AvgIpc) is 3.25. The Balaban J connectivity index is 1.55. The van der Waals surface area contributed by atoms with Crippen LogP contribution in [0.5, 0.6) is 5.75 Å². The van der Waals surface area contributed by atoms with Crippen LogP contribution in [-0.4, -0.2) is 40.5 Å². The molecule has 2 aliphatic heterocycles. The van der Waals surface area contributed by atoms with Crippen LogP contribution in [0.1, 0.15) is 56.5 Å². The number of hydrogen-bond acceptors (Lipinski definition) is 5. The van der Waals surface area contributed by atoms with E-state index in [9.17, 15) is 4.39 Å². The topological polar surface area (TPSA) is 51.9 Å². The first-order chi connectivity index (χ1) is 19.3. The maximum absolute atomic E-state index is 14.1. The average molecular weight is 563 g/mol. The van der Waals surface area contributed by atoms with E-state index in [0.29, 0.717) is 22.9 Å². The molecule has 0 bridgehead atoms. The van der Waals surface area contributed by atoms with Gasteiger partial charge in [-0.05, 0) is 86.6 Å². The number of oxime groups is 1. The maximum Gasteiger partial charge on any atom is 0.171 e. The number of imidazole rings is 1. The standard InChI is InChI=1S/C32H36ClFN4O2/c1-6-20(2)22(4)27-9-11-37-12-10-30(24-15-25(33)17-26(34)16-24)40-36-32(37)28(27)13-23-7-8-29(31(14-23)39-5)38-18-21(3)35-19-38/h6-8,13-19,22,27,30H,9-12H2,1-5H3. The highest BCUT2D eigenvalue weighted by Gasteiger charge is 2.36. The highest BCUT2D eigenvalue weighted by Crippen LogP contribution is 2.39. The van der Waals surface area contributed by atoms with Gasteiger partial charge in [0.25, 0.3) is 0 Å². The smallest absolute Gasteiger partial charge is 0.171 e. The Hall–Kier alpha value is -3.58. The van der Waals surface area contributed by atoms with Gasteiger partial charge in [-0.25, -0.2) is 9.37 Å². The maximum atomic E-state index is 14.1. The zero-order chi connectivity index (χ0) is 28.4. The molecule has 5 rings (SSSR count). The van der Waals surface area contributed by atoms with Crippen LogP contribution in [0.2, 0.25) is 5.02 Å². The Kier molecular flexibility index (Phi) is 8.31. The van der Waals surface area contributed by atoms with Gasteiger partial charge in [0.05, 0.1) is 24.8 Å². The molecule has 8 heteroatoms. The van der Waals surface area contributed by atoms with Gasteiger partial charge in [-0.15, -0.1) is 0 Å². The van der Waals surface area contributed by atoms with Crippen molar-refractivity contribution < 1.29 is 14.0 Å².